The fourth-order valence-electron chi connectivity index (χ4n) is 4.82. The van der Waals surface area contributed by atoms with Crippen LogP contribution in [0.2, 0.25) is 0 Å². The van der Waals surface area contributed by atoms with Crippen LogP contribution in [-0.4, -0.2) is 56.1 Å². The lowest BCUT2D eigenvalue weighted by Gasteiger charge is -2.25. The molecule has 0 aliphatic carbocycles. The van der Waals surface area contributed by atoms with Crippen LogP contribution in [0.5, 0.6) is 23.0 Å². The van der Waals surface area contributed by atoms with Crippen molar-refractivity contribution in [2.24, 2.45) is 4.99 Å². The van der Waals surface area contributed by atoms with Crippen molar-refractivity contribution in [2.45, 2.75) is 60.1 Å². The van der Waals surface area contributed by atoms with Crippen LogP contribution in [0.3, 0.4) is 0 Å². The molecule has 0 fully saturated rings. The molecule has 0 saturated heterocycles. The zero-order valence-corrected chi connectivity index (χ0v) is 28.0. The van der Waals surface area contributed by atoms with E-state index in [4.69, 9.17) is 23.7 Å². The monoisotopic (exact) mass is 652 g/mol. The number of ether oxygens (including phenoxy) is 6. The molecule has 4 rings (SSSR count). The van der Waals surface area contributed by atoms with Crippen molar-refractivity contribution in [3.63, 3.8) is 0 Å². The van der Waals surface area contributed by atoms with Crippen molar-refractivity contribution in [1.82, 2.24) is 4.57 Å². The molecule has 0 unspecified atom stereocenters. The second-order valence-electron chi connectivity index (χ2n) is 10.3. The number of nitrogens with zero attached hydrogens (tertiary/aromatic N) is 2. The summed E-state index contributed by atoms with van der Waals surface area (Å²) < 4.78 is 35.4. The minimum Gasteiger partial charge on any atom is -0.490 e. The van der Waals surface area contributed by atoms with Gasteiger partial charge in [-0.1, -0.05) is 30.4 Å². The molecule has 3 aromatic rings. The van der Waals surface area contributed by atoms with Gasteiger partial charge in [-0.3, -0.25) is 9.36 Å². The molecule has 1 aliphatic heterocycles. The number of carbonyl (C=O) groups excluding carboxylic acids is 2. The van der Waals surface area contributed by atoms with Gasteiger partial charge >= 0.3 is 11.9 Å². The number of hydrogen-bond acceptors (Lipinski definition) is 11. The number of benzene rings is 2. The van der Waals surface area contributed by atoms with Crippen molar-refractivity contribution in [3.8, 4) is 23.0 Å². The van der Waals surface area contributed by atoms with E-state index in [9.17, 15) is 14.4 Å². The minimum absolute atomic E-state index is 0.0160. The molecule has 0 N–H and O–H groups in total. The van der Waals surface area contributed by atoms with E-state index in [0.29, 0.717) is 56.8 Å². The molecule has 0 amide bonds. The minimum atomic E-state index is -0.864. The molecule has 0 spiro atoms. The smallest absolute Gasteiger partial charge is 0.343 e. The van der Waals surface area contributed by atoms with Crippen molar-refractivity contribution in [3.05, 3.63) is 78.5 Å². The summed E-state index contributed by atoms with van der Waals surface area (Å²) in [5.74, 6) is 0.743. The SMILES string of the molecule is CCOC(=O)C1=C(C)N=c2s/c(=C\c3ccc(O[C@@H](C)CC)c(OCC)c3)c(=O)n2[C@H]1c1ccc(OCC(=O)OC)c(OCC)c1. The Labute approximate surface area is 271 Å². The highest BCUT2D eigenvalue weighted by atomic mass is 32.1. The summed E-state index contributed by atoms with van der Waals surface area (Å²) in [6, 6.07) is 9.73. The van der Waals surface area contributed by atoms with Gasteiger partial charge in [0.25, 0.3) is 5.56 Å². The van der Waals surface area contributed by atoms with Gasteiger partial charge in [-0.25, -0.2) is 14.6 Å². The van der Waals surface area contributed by atoms with Gasteiger partial charge in [0.15, 0.2) is 34.4 Å². The third kappa shape index (κ3) is 7.61. The van der Waals surface area contributed by atoms with Crippen LogP contribution in [0.25, 0.3) is 6.08 Å². The van der Waals surface area contributed by atoms with E-state index in [0.717, 1.165) is 12.0 Å². The first-order chi connectivity index (χ1) is 22.1. The Bertz CT molecular complexity index is 1790. The van der Waals surface area contributed by atoms with Gasteiger partial charge in [0.1, 0.15) is 0 Å². The zero-order valence-electron chi connectivity index (χ0n) is 27.2. The number of allylic oxidation sites excluding steroid dienone is 1. The van der Waals surface area contributed by atoms with E-state index in [1.54, 1.807) is 38.1 Å². The average molecular weight is 653 g/mol. The largest absolute Gasteiger partial charge is 0.490 e. The van der Waals surface area contributed by atoms with Gasteiger partial charge in [0.2, 0.25) is 0 Å². The Morgan fingerprint density at radius 1 is 0.957 bits per heavy atom. The topological polar surface area (TPSA) is 124 Å². The van der Waals surface area contributed by atoms with Crippen molar-refractivity contribution in [2.75, 3.05) is 33.5 Å². The van der Waals surface area contributed by atoms with Crippen LogP contribution in [-0.2, 0) is 19.1 Å². The van der Waals surface area contributed by atoms with Gasteiger partial charge in [-0.05, 0) is 82.5 Å². The molecule has 0 radical (unpaired) electrons. The highest BCUT2D eigenvalue weighted by Gasteiger charge is 2.34. The Morgan fingerprint density at radius 2 is 1.65 bits per heavy atom. The molecule has 1 aromatic heterocycles. The predicted molar refractivity (Wildman–Crippen MR) is 174 cm³/mol. The van der Waals surface area contributed by atoms with E-state index in [-0.39, 0.29) is 30.5 Å². The lowest BCUT2D eigenvalue weighted by Crippen LogP contribution is -2.40. The number of rotatable bonds is 14. The van der Waals surface area contributed by atoms with Crippen LogP contribution in [0.15, 0.2) is 57.5 Å². The number of thiazole rings is 1. The van der Waals surface area contributed by atoms with Gasteiger partial charge in [-0.2, -0.15) is 0 Å². The van der Waals surface area contributed by atoms with Gasteiger partial charge in [0.05, 0.1) is 54.9 Å². The van der Waals surface area contributed by atoms with Gasteiger partial charge in [0, 0.05) is 0 Å². The summed E-state index contributed by atoms with van der Waals surface area (Å²) in [5, 5.41) is 0. The fourth-order valence-corrected chi connectivity index (χ4v) is 5.86. The maximum Gasteiger partial charge on any atom is 0.343 e. The van der Waals surface area contributed by atoms with Crippen molar-refractivity contribution >= 4 is 29.4 Å². The number of aromatic nitrogens is 1. The molecule has 46 heavy (non-hydrogen) atoms. The molecular weight excluding hydrogens is 612 g/mol. The lowest BCUT2D eigenvalue weighted by molar-refractivity contribution is -0.143. The molecule has 246 valence electrons. The second-order valence-corrected chi connectivity index (χ2v) is 11.3. The highest BCUT2D eigenvalue weighted by molar-refractivity contribution is 7.07. The molecule has 0 bridgehead atoms. The standard InChI is InChI=1S/C34H40N2O9S/c1-8-20(5)45-25-14-12-22(16-26(25)41-9-2)17-28-32(38)36-31(30(33(39)43-11-4)21(6)35-34(36)46-28)23-13-15-24(27(18-23)42-10-3)44-19-29(37)40-7/h12-18,20,31H,8-11,19H2,1-7H3/b28-17-/t20-,31-/m0/s1. The Balaban J connectivity index is 1.86. The fraction of sp³-hybridized carbons (Fsp3) is 0.412. The maximum atomic E-state index is 14.1. The first-order valence-corrected chi connectivity index (χ1v) is 16.1. The quantitative estimate of drug-likeness (QED) is 0.234. The predicted octanol–water partition coefficient (Wildman–Crippen LogP) is 4.32. The number of esters is 2. The summed E-state index contributed by atoms with van der Waals surface area (Å²) in [6.07, 6.45) is 2.63. The number of fused-ring (bicyclic) bond motifs is 1. The summed E-state index contributed by atoms with van der Waals surface area (Å²) in [7, 11) is 1.27. The molecule has 1 aliphatic rings. The van der Waals surface area contributed by atoms with E-state index in [1.807, 2.05) is 45.9 Å². The normalized spacial score (nSPS) is 15.0. The first-order valence-electron chi connectivity index (χ1n) is 15.2. The first kappa shape index (κ1) is 34.3. The van der Waals surface area contributed by atoms with Crippen LogP contribution in [0.1, 0.15) is 65.1 Å². The molecule has 2 heterocycles. The lowest BCUT2D eigenvalue weighted by atomic mass is 9.95. The van der Waals surface area contributed by atoms with E-state index in [2.05, 4.69) is 9.73 Å². The summed E-state index contributed by atoms with van der Waals surface area (Å²) in [5.41, 5.74) is 1.66. The van der Waals surface area contributed by atoms with Crippen LogP contribution >= 0.6 is 11.3 Å². The van der Waals surface area contributed by atoms with E-state index < -0.39 is 18.0 Å². The Hall–Kier alpha value is -4.58. The molecule has 2 atom stereocenters. The van der Waals surface area contributed by atoms with Gasteiger partial charge in [-0.15, -0.1) is 0 Å². The second kappa shape index (κ2) is 15.6. The number of hydrogen-bond donors (Lipinski definition) is 0. The number of carbonyl (C=O) groups is 2. The molecule has 0 saturated carbocycles. The zero-order chi connectivity index (χ0) is 33.4. The van der Waals surface area contributed by atoms with Gasteiger partial charge < -0.3 is 28.4 Å². The summed E-state index contributed by atoms with van der Waals surface area (Å²) in [6.45, 7) is 11.8. The molecule has 12 heteroatoms. The average Bonchev–Trinajstić information content (AvgIpc) is 3.34. The van der Waals surface area contributed by atoms with Crippen molar-refractivity contribution < 1.29 is 38.0 Å². The highest BCUT2D eigenvalue weighted by Crippen LogP contribution is 2.36. The molecular formula is C34H40N2O9S. The maximum absolute atomic E-state index is 14.1. The molecule has 11 nitrogen and oxygen atoms in total. The van der Waals surface area contributed by atoms with E-state index in [1.165, 1.54) is 23.0 Å². The van der Waals surface area contributed by atoms with Crippen molar-refractivity contribution in [1.29, 1.82) is 0 Å². The van der Waals surface area contributed by atoms with Crippen LogP contribution in [0, 0.1) is 0 Å². The Morgan fingerprint density at radius 3 is 2.30 bits per heavy atom. The third-order valence-corrected chi connectivity index (χ3v) is 8.12. The summed E-state index contributed by atoms with van der Waals surface area (Å²) in [4.78, 5) is 44.3. The van der Waals surface area contributed by atoms with E-state index >= 15 is 0 Å². The Kier molecular flexibility index (Phi) is 11.6. The van der Waals surface area contributed by atoms with Crippen LogP contribution in [0.4, 0.5) is 0 Å². The third-order valence-electron chi connectivity index (χ3n) is 7.14. The number of methoxy groups -OCH3 is 1. The van der Waals surface area contributed by atoms with Crippen LogP contribution < -0.4 is 33.8 Å². The summed E-state index contributed by atoms with van der Waals surface area (Å²) >= 11 is 1.22. The molecule has 2 aromatic carbocycles.